The lowest BCUT2D eigenvalue weighted by atomic mass is 10.1. The van der Waals surface area contributed by atoms with Gasteiger partial charge in [0, 0.05) is 77.2 Å². The summed E-state index contributed by atoms with van der Waals surface area (Å²) in [5, 5.41) is 22.2. The highest BCUT2D eigenvalue weighted by molar-refractivity contribution is 7.92. The topological polar surface area (TPSA) is 288 Å². The second-order valence-electron chi connectivity index (χ2n) is 29.6. The lowest BCUT2D eigenvalue weighted by molar-refractivity contribution is -0.119. The summed E-state index contributed by atoms with van der Waals surface area (Å²) in [4.78, 5) is 69.2. The van der Waals surface area contributed by atoms with Crippen molar-refractivity contribution in [2.45, 2.75) is 127 Å². The molecular formula is C102H122ClN9O11S2. The van der Waals surface area contributed by atoms with Gasteiger partial charge in [-0.2, -0.15) is 0 Å². The molecule has 125 heavy (non-hydrogen) atoms. The van der Waals surface area contributed by atoms with Crippen LogP contribution in [-0.2, 0) is 58.2 Å². The number of carbonyl (C=O) groups is 6. The van der Waals surface area contributed by atoms with Crippen LogP contribution in [0.15, 0.2) is 303 Å². The molecule has 0 atom stereocenters. The number of alkyl halides is 1. The van der Waals surface area contributed by atoms with E-state index in [0.29, 0.717) is 42.4 Å². The minimum atomic E-state index is -3.25. The van der Waals surface area contributed by atoms with E-state index in [1.54, 1.807) is 62.4 Å². The monoisotopic (exact) mass is 1750 g/mol. The average molecular weight is 1750 g/mol. The standard InChI is InChI=1S/C16H18N2O.2C16H17NO.C13H17NO2S.C11H14N2O.C11H15NO.C10H12ClNO2.C9H12O2S/c1-13-7-9-15(10-8-13)18-16(19)17-12-11-14-5-3-2-4-6-14;2*1-13-7-10-15(11-8-13)17-16(18)12-9-14-5-3-2-4-6-14;1-4-5-12-6-8-13(9-7-12)14-17(15,16)10-11(2)3;1-3-7-12-11(14)13-10-6-4-5-9(2)8-10;1-8(2)11(13)12-10-6-4-9(3)5-7-10;1-8-2-4-9(5-3-8)12-10(13)14-7-6-11;1-3-12(10,11)9-6-4-5-8(2)7-9/h2-10H,11-12H2,1H3,(H2,17,18,19);2*2-8,10-11H,9,12H2,1H3,(H,17,18);6-9,11,14H,10H2,1-3H3;3-6,8H,1,7H2,2H3,(H2,12,13,14);4-8H,1-3H3,(H,12,13);2-5H,6-7H2,1H3,(H,12,13);4-7H,3H2,1-2H3. The first-order valence-corrected chi connectivity index (χ1v) is 45.0. The Morgan fingerprint density at radius 3 is 1.20 bits per heavy atom. The molecule has 23 heteroatoms. The molecule has 0 aliphatic rings. The van der Waals surface area contributed by atoms with Crippen molar-refractivity contribution in [1.82, 2.24) is 10.6 Å². The molecule has 11 aromatic rings. The fraction of sp³-hybridized carbons (Fsp3) is 0.255. The van der Waals surface area contributed by atoms with Crippen LogP contribution in [0.4, 0.5) is 54.2 Å². The quantitative estimate of drug-likeness (QED) is 0.0140. The highest BCUT2D eigenvalue weighted by Crippen LogP contribution is 2.18. The minimum absolute atomic E-state index is 0.0290. The summed E-state index contributed by atoms with van der Waals surface area (Å²) in [5.41, 5.74) is 18.0. The summed E-state index contributed by atoms with van der Waals surface area (Å²) < 4.78 is 53.4. The number of rotatable bonds is 26. The third-order valence-electron chi connectivity index (χ3n) is 17.3. The third kappa shape index (κ3) is 48.4. The van der Waals surface area contributed by atoms with Crippen LogP contribution in [-0.4, -0.2) is 89.8 Å². The molecule has 8 amide bonds. The predicted molar refractivity (Wildman–Crippen MR) is 518 cm³/mol. The number of urea groups is 2. The van der Waals surface area contributed by atoms with Crippen molar-refractivity contribution >= 4 is 107 Å². The smallest absolute Gasteiger partial charge is 0.411 e. The molecule has 660 valence electrons. The van der Waals surface area contributed by atoms with Crippen molar-refractivity contribution < 1.29 is 50.3 Å². The van der Waals surface area contributed by atoms with Gasteiger partial charge in [0.15, 0.2) is 9.84 Å². The van der Waals surface area contributed by atoms with Crippen LogP contribution in [0, 0.1) is 72.1 Å². The van der Waals surface area contributed by atoms with Crippen LogP contribution in [0.1, 0.15) is 116 Å². The number of ether oxygens (including phenoxy) is 1. The van der Waals surface area contributed by atoms with E-state index in [1.165, 1.54) is 38.9 Å². The van der Waals surface area contributed by atoms with Crippen LogP contribution in [0.2, 0.25) is 0 Å². The van der Waals surface area contributed by atoms with Crippen molar-refractivity contribution in [2.24, 2.45) is 11.8 Å². The van der Waals surface area contributed by atoms with Gasteiger partial charge in [-0.05, 0) is 218 Å². The minimum Gasteiger partial charge on any atom is -0.448 e. The van der Waals surface area contributed by atoms with E-state index in [2.05, 4.69) is 77.8 Å². The van der Waals surface area contributed by atoms with Crippen LogP contribution >= 0.6 is 11.6 Å². The Hall–Kier alpha value is -13.1. The van der Waals surface area contributed by atoms with E-state index in [4.69, 9.17) is 16.3 Å². The number of aryl methyl sites for hydroxylation is 9. The first-order valence-electron chi connectivity index (χ1n) is 41.2. The van der Waals surface area contributed by atoms with E-state index in [-0.39, 0.29) is 59.7 Å². The number of nitrogens with one attached hydrogen (secondary N) is 9. The molecule has 0 aliphatic carbocycles. The molecule has 0 radical (unpaired) electrons. The van der Waals surface area contributed by atoms with Crippen LogP contribution in [0.25, 0.3) is 0 Å². The lowest BCUT2D eigenvalue weighted by Gasteiger charge is -2.09. The molecule has 0 bridgehead atoms. The zero-order valence-corrected chi connectivity index (χ0v) is 76.4. The average Bonchev–Trinajstić information content (AvgIpc) is 0.820. The maximum atomic E-state index is 11.8. The number of amides is 8. The van der Waals surface area contributed by atoms with Gasteiger partial charge in [-0.25, -0.2) is 31.2 Å². The molecule has 0 aliphatic heterocycles. The highest BCUT2D eigenvalue weighted by Gasteiger charge is 2.14. The number of benzene rings is 11. The fourth-order valence-corrected chi connectivity index (χ4v) is 13.1. The molecule has 11 rings (SSSR count). The van der Waals surface area contributed by atoms with Gasteiger partial charge < -0.3 is 42.0 Å². The van der Waals surface area contributed by atoms with Gasteiger partial charge in [-0.1, -0.05) is 250 Å². The summed E-state index contributed by atoms with van der Waals surface area (Å²) >= 11 is 5.36. The van der Waals surface area contributed by atoms with Gasteiger partial charge >= 0.3 is 18.2 Å². The van der Waals surface area contributed by atoms with Crippen molar-refractivity contribution in [3.8, 4) is 11.8 Å². The summed E-state index contributed by atoms with van der Waals surface area (Å²) in [6, 6.07) is 90.1. The van der Waals surface area contributed by atoms with E-state index < -0.39 is 26.0 Å². The molecule has 0 spiro atoms. The Morgan fingerprint density at radius 1 is 0.424 bits per heavy atom. The summed E-state index contributed by atoms with van der Waals surface area (Å²) in [6.45, 7) is 29.7. The van der Waals surface area contributed by atoms with E-state index in [0.717, 1.165) is 75.6 Å². The van der Waals surface area contributed by atoms with Crippen molar-refractivity contribution in [2.75, 3.05) is 73.7 Å². The maximum Gasteiger partial charge on any atom is 0.411 e. The molecule has 0 fully saturated rings. The highest BCUT2D eigenvalue weighted by atomic mass is 35.5. The summed E-state index contributed by atoms with van der Waals surface area (Å²) in [6.07, 6.45) is 4.57. The Bertz CT molecular complexity index is 5230. The number of sulfonamides is 1. The van der Waals surface area contributed by atoms with Gasteiger partial charge in [-0.15, -0.1) is 24.1 Å². The number of anilines is 7. The molecule has 9 N–H and O–H groups in total. The largest absolute Gasteiger partial charge is 0.448 e. The molecule has 0 saturated heterocycles. The Kier molecular flexibility index (Phi) is 49.1. The van der Waals surface area contributed by atoms with Crippen molar-refractivity contribution in [1.29, 1.82) is 0 Å². The Morgan fingerprint density at radius 2 is 0.808 bits per heavy atom. The predicted octanol–water partition coefficient (Wildman–Crippen LogP) is 22.4. The SMILES string of the molecule is C=CCNC(=O)Nc1cccc(C)c1.CC#Cc1ccc(NS(=O)(=O)CC(C)C)cc1.CCS(=O)(=O)c1cccc(C)c1.Cc1ccc(NC(=O)C(C)C)cc1.Cc1ccc(NC(=O)CCc2ccccc2)cc1.Cc1ccc(NC(=O)CCc2ccccc2)cc1.Cc1ccc(NC(=O)NCCc2ccccc2)cc1.Cc1ccc(NC(=O)OCCCl)cc1. The van der Waals surface area contributed by atoms with Gasteiger partial charge in [0.05, 0.1) is 22.3 Å². The van der Waals surface area contributed by atoms with E-state index in [1.807, 2.05) is 307 Å². The van der Waals surface area contributed by atoms with Crippen LogP contribution < -0.4 is 47.3 Å². The lowest BCUT2D eigenvalue weighted by Crippen LogP contribution is -2.30. The second-order valence-corrected chi connectivity index (χ2v) is 34.0. The molecule has 20 nitrogen and oxygen atoms in total. The Balaban J connectivity index is 0.000000301. The van der Waals surface area contributed by atoms with Gasteiger partial charge in [-0.3, -0.25) is 24.4 Å². The second kappa shape index (κ2) is 58.8. The van der Waals surface area contributed by atoms with E-state index >= 15 is 0 Å². The summed E-state index contributed by atoms with van der Waals surface area (Å²) in [7, 11) is -6.27. The molecule has 0 aromatic heterocycles. The number of hydrogen-bond acceptors (Lipinski definition) is 11. The molecule has 0 unspecified atom stereocenters. The zero-order chi connectivity index (χ0) is 91.8. The number of sulfone groups is 1. The summed E-state index contributed by atoms with van der Waals surface area (Å²) in [5.74, 6) is 6.60. The number of halogens is 1. The zero-order valence-electron chi connectivity index (χ0n) is 74.0. The van der Waals surface area contributed by atoms with E-state index in [9.17, 15) is 45.6 Å². The fourth-order valence-electron chi connectivity index (χ4n) is 10.6. The molecule has 11 aromatic carbocycles. The Labute approximate surface area is 746 Å². The van der Waals surface area contributed by atoms with Crippen molar-refractivity contribution in [3.05, 3.63) is 359 Å². The third-order valence-corrected chi connectivity index (χ3v) is 20.9. The molecular weight excluding hydrogens is 1630 g/mol. The van der Waals surface area contributed by atoms with Gasteiger partial charge in [0.25, 0.3) is 0 Å². The maximum absolute atomic E-state index is 11.8. The first kappa shape index (κ1) is 104. The normalized spacial score (nSPS) is 10.1. The van der Waals surface area contributed by atoms with Crippen LogP contribution in [0.3, 0.4) is 0 Å². The first-order chi connectivity index (χ1) is 59.7. The molecule has 0 saturated carbocycles. The molecule has 0 heterocycles. The van der Waals surface area contributed by atoms with Crippen LogP contribution in [0.5, 0.6) is 0 Å². The number of hydrogen-bond donors (Lipinski definition) is 9. The van der Waals surface area contributed by atoms with Gasteiger partial charge in [0.1, 0.15) is 6.61 Å². The van der Waals surface area contributed by atoms with Gasteiger partial charge in [0.2, 0.25) is 27.7 Å². The van der Waals surface area contributed by atoms with Crippen molar-refractivity contribution in [3.63, 3.8) is 0 Å². The number of carbonyl (C=O) groups excluding carboxylic acids is 6.